The zero-order valence-corrected chi connectivity index (χ0v) is 18.8. The summed E-state index contributed by atoms with van der Waals surface area (Å²) in [5.41, 5.74) is 14.7. The molecule has 0 fully saturated rings. The first kappa shape index (κ1) is 22.8. The highest BCUT2D eigenvalue weighted by molar-refractivity contribution is 7.13. The third-order valence-corrected chi connectivity index (χ3v) is 6.12. The maximum atomic E-state index is 12.8. The molecule has 0 aliphatic carbocycles. The van der Waals surface area contributed by atoms with Crippen molar-refractivity contribution in [1.82, 2.24) is 0 Å². The molecule has 1 aromatic heterocycles. The average Bonchev–Trinajstić information content (AvgIpc) is 3.36. The van der Waals surface area contributed by atoms with E-state index in [2.05, 4.69) is 10.6 Å². The molecular formula is C26H22N4O3S. The summed E-state index contributed by atoms with van der Waals surface area (Å²) in [7, 11) is 0. The zero-order valence-electron chi connectivity index (χ0n) is 18.0. The lowest BCUT2D eigenvalue weighted by Gasteiger charge is -2.15. The van der Waals surface area contributed by atoms with Crippen molar-refractivity contribution in [1.29, 1.82) is 0 Å². The summed E-state index contributed by atoms with van der Waals surface area (Å²) < 4.78 is 0. The van der Waals surface area contributed by atoms with E-state index in [1.807, 2.05) is 35.7 Å². The monoisotopic (exact) mass is 470 g/mol. The van der Waals surface area contributed by atoms with Crippen LogP contribution in [-0.4, -0.2) is 17.7 Å². The first-order chi connectivity index (χ1) is 16.4. The van der Waals surface area contributed by atoms with Crippen LogP contribution in [0.15, 0.2) is 90.3 Å². The van der Waals surface area contributed by atoms with Crippen molar-refractivity contribution >= 4 is 46.1 Å². The fraction of sp³-hybridized carbons (Fsp3) is 0.0385. The number of carbonyl (C=O) groups is 3. The minimum atomic E-state index is -1.20. The molecule has 3 amide bonds. The maximum absolute atomic E-state index is 12.8. The SMILES string of the molecule is NC(=O)C(C(=O)Nc1ccccc1)c1ccc(C(=O)Nc2cc(-c3cccs3)ccc2N)cc1. The topological polar surface area (TPSA) is 127 Å². The average molecular weight is 471 g/mol. The Labute approximate surface area is 200 Å². The van der Waals surface area contributed by atoms with Crippen LogP contribution in [0.2, 0.25) is 0 Å². The third kappa shape index (κ3) is 5.13. The van der Waals surface area contributed by atoms with Crippen LogP contribution in [0.5, 0.6) is 0 Å². The van der Waals surface area contributed by atoms with Crippen molar-refractivity contribution in [3.05, 3.63) is 101 Å². The zero-order chi connectivity index (χ0) is 24.1. The number of nitrogens with two attached hydrogens (primary N) is 2. The molecule has 0 aliphatic rings. The molecule has 1 heterocycles. The number of para-hydroxylation sites is 1. The van der Waals surface area contributed by atoms with Crippen LogP contribution in [0.25, 0.3) is 10.4 Å². The van der Waals surface area contributed by atoms with E-state index in [0.717, 1.165) is 10.4 Å². The molecule has 0 saturated carbocycles. The van der Waals surface area contributed by atoms with Crippen molar-refractivity contribution in [3.8, 4) is 10.4 Å². The normalized spacial score (nSPS) is 11.4. The minimum absolute atomic E-state index is 0.344. The van der Waals surface area contributed by atoms with Gasteiger partial charge in [0.05, 0.1) is 11.4 Å². The summed E-state index contributed by atoms with van der Waals surface area (Å²) in [6.07, 6.45) is 0. The highest BCUT2D eigenvalue weighted by Crippen LogP contribution is 2.30. The first-order valence-electron chi connectivity index (χ1n) is 10.4. The molecule has 4 aromatic rings. The van der Waals surface area contributed by atoms with E-state index in [9.17, 15) is 14.4 Å². The molecule has 0 aliphatic heterocycles. The number of hydrogen-bond acceptors (Lipinski definition) is 5. The van der Waals surface area contributed by atoms with E-state index in [-0.39, 0.29) is 5.91 Å². The fourth-order valence-corrected chi connectivity index (χ4v) is 4.19. The van der Waals surface area contributed by atoms with Crippen LogP contribution >= 0.6 is 11.3 Å². The molecule has 8 heteroatoms. The van der Waals surface area contributed by atoms with Gasteiger partial charge in [-0.1, -0.05) is 42.5 Å². The summed E-state index contributed by atoms with van der Waals surface area (Å²) in [6, 6.07) is 24.3. The van der Waals surface area contributed by atoms with Gasteiger partial charge in [0, 0.05) is 16.1 Å². The number of rotatable bonds is 7. The van der Waals surface area contributed by atoms with Crippen LogP contribution in [0.4, 0.5) is 17.1 Å². The van der Waals surface area contributed by atoms with Crippen molar-refractivity contribution in [2.75, 3.05) is 16.4 Å². The second kappa shape index (κ2) is 10.0. The Bertz CT molecular complexity index is 1320. The molecule has 34 heavy (non-hydrogen) atoms. The Balaban J connectivity index is 1.50. The highest BCUT2D eigenvalue weighted by atomic mass is 32.1. The fourth-order valence-electron chi connectivity index (χ4n) is 3.46. The number of amides is 3. The van der Waals surface area contributed by atoms with Gasteiger partial charge in [-0.25, -0.2) is 0 Å². The molecular weight excluding hydrogens is 448 g/mol. The van der Waals surface area contributed by atoms with Gasteiger partial charge in [-0.3, -0.25) is 14.4 Å². The molecule has 3 aromatic carbocycles. The van der Waals surface area contributed by atoms with Crippen LogP contribution in [0.3, 0.4) is 0 Å². The van der Waals surface area contributed by atoms with Gasteiger partial charge in [0.2, 0.25) is 11.8 Å². The summed E-state index contributed by atoms with van der Waals surface area (Å²) in [6.45, 7) is 0. The Hall–Kier alpha value is -4.43. The summed E-state index contributed by atoms with van der Waals surface area (Å²) in [4.78, 5) is 38.6. The van der Waals surface area contributed by atoms with Gasteiger partial charge in [-0.05, 0) is 59.0 Å². The van der Waals surface area contributed by atoms with Gasteiger partial charge in [0.25, 0.3) is 5.91 Å². The van der Waals surface area contributed by atoms with Gasteiger partial charge in [-0.15, -0.1) is 11.3 Å². The van der Waals surface area contributed by atoms with Crippen molar-refractivity contribution < 1.29 is 14.4 Å². The Kier molecular flexibility index (Phi) is 6.70. The molecule has 0 bridgehead atoms. The summed E-state index contributed by atoms with van der Waals surface area (Å²) in [5.74, 6) is -2.90. The van der Waals surface area contributed by atoms with Crippen LogP contribution < -0.4 is 22.1 Å². The molecule has 6 N–H and O–H groups in total. The van der Waals surface area contributed by atoms with E-state index >= 15 is 0 Å². The first-order valence-corrected chi connectivity index (χ1v) is 11.3. The molecule has 7 nitrogen and oxygen atoms in total. The molecule has 0 saturated heterocycles. The third-order valence-electron chi connectivity index (χ3n) is 5.20. The van der Waals surface area contributed by atoms with E-state index in [4.69, 9.17) is 11.5 Å². The van der Waals surface area contributed by atoms with Crippen molar-refractivity contribution in [2.45, 2.75) is 5.92 Å². The lowest BCUT2D eigenvalue weighted by Crippen LogP contribution is -2.32. The number of benzene rings is 3. The number of anilines is 3. The van der Waals surface area contributed by atoms with Gasteiger partial charge in [-0.2, -0.15) is 0 Å². The molecule has 0 spiro atoms. The van der Waals surface area contributed by atoms with Crippen LogP contribution in [0.1, 0.15) is 21.8 Å². The van der Waals surface area contributed by atoms with Gasteiger partial charge >= 0.3 is 0 Å². The van der Waals surface area contributed by atoms with Crippen molar-refractivity contribution in [3.63, 3.8) is 0 Å². The largest absolute Gasteiger partial charge is 0.397 e. The van der Waals surface area contributed by atoms with Crippen LogP contribution in [-0.2, 0) is 9.59 Å². The Morgan fingerprint density at radius 1 is 0.824 bits per heavy atom. The predicted octanol–water partition coefficient (Wildman–Crippen LogP) is 4.46. The maximum Gasteiger partial charge on any atom is 0.255 e. The number of carbonyl (C=O) groups excluding carboxylic acids is 3. The standard InChI is InChI=1S/C26H22N4O3S/c27-20-13-12-18(22-7-4-14-34-22)15-21(20)30-25(32)17-10-8-16(9-11-17)23(24(28)31)26(33)29-19-5-2-1-3-6-19/h1-15,23H,27H2,(H2,28,31)(H,29,33)(H,30,32). The van der Waals surface area contributed by atoms with Crippen molar-refractivity contribution in [2.24, 2.45) is 5.73 Å². The van der Waals surface area contributed by atoms with E-state index in [1.54, 1.807) is 53.8 Å². The molecule has 170 valence electrons. The summed E-state index contributed by atoms with van der Waals surface area (Å²) in [5, 5.41) is 7.49. The Morgan fingerprint density at radius 3 is 2.21 bits per heavy atom. The smallest absolute Gasteiger partial charge is 0.255 e. The predicted molar refractivity (Wildman–Crippen MR) is 136 cm³/mol. The number of thiophene rings is 1. The molecule has 4 rings (SSSR count). The van der Waals surface area contributed by atoms with Gasteiger partial charge in [0.1, 0.15) is 5.92 Å². The second-order valence-electron chi connectivity index (χ2n) is 7.55. The van der Waals surface area contributed by atoms with E-state index < -0.39 is 17.7 Å². The van der Waals surface area contributed by atoms with E-state index in [1.165, 1.54) is 12.1 Å². The lowest BCUT2D eigenvalue weighted by molar-refractivity contribution is -0.127. The number of primary amides is 1. The minimum Gasteiger partial charge on any atom is -0.397 e. The highest BCUT2D eigenvalue weighted by Gasteiger charge is 2.26. The van der Waals surface area contributed by atoms with Gasteiger partial charge < -0.3 is 22.1 Å². The molecule has 0 radical (unpaired) electrons. The number of hydrogen-bond donors (Lipinski definition) is 4. The Morgan fingerprint density at radius 2 is 1.56 bits per heavy atom. The van der Waals surface area contributed by atoms with E-state index in [0.29, 0.717) is 28.2 Å². The van der Waals surface area contributed by atoms with Crippen LogP contribution in [0, 0.1) is 0 Å². The summed E-state index contributed by atoms with van der Waals surface area (Å²) >= 11 is 1.59. The lowest BCUT2D eigenvalue weighted by atomic mass is 9.96. The van der Waals surface area contributed by atoms with Gasteiger partial charge in [0.15, 0.2) is 0 Å². The molecule has 1 atom stereocenters. The number of nitrogen functional groups attached to an aromatic ring is 1. The molecule has 1 unspecified atom stereocenters. The number of nitrogens with one attached hydrogen (secondary N) is 2. The second-order valence-corrected chi connectivity index (χ2v) is 8.49. The quantitative estimate of drug-likeness (QED) is 0.235.